The number of fused-ring (bicyclic) bond motifs is 1. The molecule has 2 unspecified atom stereocenters. The molecule has 31 heavy (non-hydrogen) atoms. The zero-order valence-electron chi connectivity index (χ0n) is 18.6. The third-order valence-corrected chi connectivity index (χ3v) is 7.38. The highest BCUT2D eigenvalue weighted by Crippen LogP contribution is 2.35. The fraction of sp³-hybridized carbons (Fsp3) is 0.400. The largest absolute Gasteiger partial charge is 0.302 e. The number of nitrogens with zero attached hydrogens (tertiary/aromatic N) is 1. The summed E-state index contributed by atoms with van der Waals surface area (Å²) in [6.07, 6.45) is 28.6. The number of benzene rings is 1. The van der Waals surface area contributed by atoms with Gasteiger partial charge in [-0.3, -0.25) is 0 Å². The molecule has 5 rings (SSSR count). The van der Waals surface area contributed by atoms with E-state index in [-0.39, 0.29) is 0 Å². The van der Waals surface area contributed by atoms with Crippen LogP contribution in [0.4, 0.5) is 0 Å². The van der Waals surface area contributed by atoms with Crippen molar-refractivity contribution >= 4 is 0 Å². The third-order valence-electron chi connectivity index (χ3n) is 7.38. The molecule has 1 aromatic carbocycles. The van der Waals surface area contributed by atoms with E-state index in [0.29, 0.717) is 5.92 Å². The molecule has 0 spiro atoms. The summed E-state index contributed by atoms with van der Waals surface area (Å²) < 4.78 is 0. The van der Waals surface area contributed by atoms with Gasteiger partial charge in [0.1, 0.15) is 0 Å². The second kappa shape index (κ2) is 9.83. The SMILES string of the molecule is C1=CCC(CN2CC[C@@H](CCC3=CC=C4C=CC(Cc5ccccc5)=CC4C3)C2)C=C1. The Kier molecular flexibility index (Phi) is 6.51. The minimum absolute atomic E-state index is 0.579. The zero-order valence-corrected chi connectivity index (χ0v) is 18.6. The standard InChI is InChI=1S/C30H35N/c1-3-7-24(8-4-1)19-28-14-16-29-15-13-25(20-30(29)21-28)11-12-27-17-18-31(23-27)22-26-9-5-2-6-10-26/h1-9,13-16,21,26-27,30H,10-12,17-20,22-23H2/t26?,27-,30?/m1/s1. The predicted molar refractivity (Wildman–Crippen MR) is 132 cm³/mol. The first-order chi connectivity index (χ1) is 15.3. The lowest BCUT2D eigenvalue weighted by Gasteiger charge is -2.25. The number of likely N-dealkylation sites (tertiary alicyclic amines) is 1. The molecule has 4 aliphatic rings. The second-order valence-electron chi connectivity index (χ2n) is 9.80. The van der Waals surface area contributed by atoms with Gasteiger partial charge >= 0.3 is 0 Å². The molecule has 1 fully saturated rings. The molecule has 1 heteroatoms. The fourth-order valence-electron chi connectivity index (χ4n) is 5.60. The number of rotatable bonds is 7. The van der Waals surface area contributed by atoms with Crippen molar-refractivity contribution in [2.75, 3.05) is 19.6 Å². The average molecular weight is 410 g/mol. The van der Waals surface area contributed by atoms with Gasteiger partial charge in [0.25, 0.3) is 0 Å². The maximum absolute atomic E-state index is 2.70. The highest BCUT2D eigenvalue weighted by atomic mass is 15.1. The minimum Gasteiger partial charge on any atom is -0.302 e. The van der Waals surface area contributed by atoms with Crippen molar-refractivity contribution in [3.63, 3.8) is 0 Å². The topological polar surface area (TPSA) is 3.24 Å². The van der Waals surface area contributed by atoms with Gasteiger partial charge in [0.15, 0.2) is 0 Å². The zero-order chi connectivity index (χ0) is 20.9. The van der Waals surface area contributed by atoms with Gasteiger partial charge in [-0.05, 0) is 73.6 Å². The van der Waals surface area contributed by atoms with Gasteiger partial charge in [-0.2, -0.15) is 0 Å². The van der Waals surface area contributed by atoms with E-state index in [2.05, 4.69) is 89.9 Å². The first-order valence-electron chi connectivity index (χ1n) is 12.2. The summed E-state index contributed by atoms with van der Waals surface area (Å²) in [5, 5.41) is 0. The van der Waals surface area contributed by atoms with Gasteiger partial charge < -0.3 is 4.90 Å². The van der Waals surface area contributed by atoms with Crippen LogP contribution in [-0.4, -0.2) is 24.5 Å². The van der Waals surface area contributed by atoms with Crippen molar-refractivity contribution in [1.29, 1.82) is 0 Å². The summed E-state index contributed by atoms with van der Waals surface area (Å²) in [6, 6.07) is 10.9. The summed E-state index contributed by atoms with van der Waals surface area (Å²) in [6.45, 7) is 3.84. The van der Waals surface area contributed by atoms with E-state index in [4.69, 9.17) is 0 Å². The number of hydrogen-bond donors (Lipinski definition) is 0. The summed E-state index contributed by atoms with van der Waals surface area (Å²) in [5.74, 6) is 2.18. The molecule has 0 N–H and O–H groups in total. The molecule has 160 valence electrons. The van der Waals surface area contributed by atoms with E-state index in [1.165, 1.54) is 68.4 Å². The molecule has 1 saturated heterocycles. The van der Waals surface area contributed by atoms with E-state index in [0.717, 1.165) is 18.3 Å². The summed E-state index contributed by atoms with van der Waals surface area (Å²) in [5.41, 5.74) is 6.01. The average Bonchev–Trinajstić information content (AvgIpc) is 3.26. The van der Waals surface area contributed by atoms with Crippen molar-refractivity contribution in [2.24, 2.45) is 17.8 Å². The van der Waals surface area contributed by atoms with Crippen molar-refractivity contribution < 1.29 is 0 Å². The Hall–Kier alpha value is -2.38. The minimum atomic E-state index is 0.579. The Morgan fingerprint density at radius 3 is 2.81 bits per heavy atom. The van der Waals surface area contributed by atoms with E-state index in [1.54, 1.807) is 5.57 Å². The summed E-state index contributed by atoms with van der Waals surface area (Å²) in [7, 11) is 0. The van der Waals surface area contributed by atoms with Crippen LogP contribution in [-0.2, 0) is 6.42 Å². The molecule has 1 aliphatic heterocycles. The molecule has 1 nitrogen and oxygen atoms in total. The molecule has 0 aromatic heterocycles. The van der Waals surface area contributed by atoms with Crippen molar-refractivity contribution in [3.8, 4) is 0 Å². The maximum atomic E-state index is 2.70. The Labute approximate surface area is 188 Å². The normalized spacial score (nSPS) is 27.6. The van der Waals surface area contributed by atoms with E-state index >= 15 is 0 Å². The van der Waals surface area contributed by atoms with Gasteiger partial charge in [-0.1, -0.05) is 90.6 Å². The molecule has 0 radical (unpaired) electrons. The van der Waals surface area contributed by atoms with Crippen molar-refractivity contribution in [2.45, 2.75) is 38.5 Å². The maximum Gasteiger partial charge on any atom is 0.00611 e. The molecule has 0 bridgehead atoms. The van der Waals surface area contributed by atoms with Gasteiger partial charge in [0, 0.05) is 19.0 Å². The lowest BCUT2D eigenvalue weighted by atomic mass is 9.80. The van der Waals surface area contributed by atoms with Crippen LogP contribution in [0.5, 0.6) is 0 Å². The summed E-state index contributed by atoms with van der Waals surface area (Å²) in [4.78, 5) is 2.70. The molecule has 0 amide bonds. The van der Waals surface area contributed by atoms with Crippen molar-refractivity contribution in [1.82, 2.24) is 4.90 Å². The molecule has 1 heterocycles. The van der Waals surface area contributed by atoms with Gasteiger partial charge in [-0.15, -0.1) is 0 Å². The van der Waals surface area contributed by atoms with E-state index < -0.39 is 0 Å². The lowest BCUT2D eigenvalue weighted by molar-refractivity contribution is 0.288. The highest BCUT2D eigenvalue weighted by Gasteiger charge is 2.25. The van der Waals surface area contributed by atoms with E-state index in [9.17, 15) is 0 Å². The highest BCUT2D eigenvalue weighted by molar-refractivity contribution is 5.45. The molecular weight excluding hydrogens is 374 g/mol. The van der Waals surface area contributed by atoms with Gasteiger partial charge in [0.2, 0.25) is 0 Å². The van der Waals surface area contributed by atoms with Crippen LogP contribution in [0.3, 0.4) is 0 Å². The first kappa shape index (κ1) is 20.5. The Balaban J connectivity index is 1.10. The van der Waals surface area contributed by atoms with Crippen LogP contribution in [0.1, 0.15) is 37.7 Å². The second-order valence-corrected chi connectivity index (χ2v) is 9.80. The van der Waals surface area contributed by atoms with Crippen LogP contribution in [0.25, 0.3) is 0 Å². The molecule has 0 saturated carbocycles. The molecule has 3 atom stereocenters. The first-order valence-corrected chi connectivity index (χ1v) is 12.2. The monoisotopic (exact) mass is 409 g/mol. The Morgan fingerprint density at radius 2 is 1.94 bits per heavy atom. The molecule has 1 aromatic rings. The van der Waals surface area contributed by atoms with Gasteiger partial charge in [0.05, 0.1) is 0 Å². The van der Waals surface area contributed by atoms with Crippen LogP contribution in [0.2, 0.25) is 0 Å². The lowest BCUT2D eigenvalue weighted by Crippen LogP contribution is -2.27. The summed E-state index contributed by atoms with van der Waals surface area (Å²) >= 11 is 0. The number of allylic oxidation sites excluding steroid dienone is 11. The predicted octanol–water partition coefficient (Wildman–Crippen LogP) is 6.83. The third kappa shape index (κ3) is 5.46. The number of hydrogen-bond acceptors (Lipinski definition) is 1. The van der Waals surface area contributed by atoms with Crippen molar-refractivity contribution in [3.05, 3.63) is 107 Å². The molecule has 3 aliphatic carbocycles. The van der Waals surface area contributed by atoms with Crippen LogP contribution < -0.4 is 0 Å². The van der Waals surface area contributed by atoms with Crippen LogP contribution in [0.15, 0.2) is 102 Å². The Morgan fingerprint density at radius 1 is 1.00 bits per heavy atom. The Bertz CT molecular complexity index is 940. The van der Waals surface area contributed by atoms with E-state index in [1.807, 2.05) is 0 Å². The van der Waals surface area contributed by atoms with Crippen LogP contribution >= 0.6 is 0 Å². The molecular formula is C30H35N. The van der Waals surface area contributed by atoms with Crippen LogP contribution in [0, 0.1) is 17.8 Å². The smallest absolute Gasteiger partial charge is 0.00611 e. The quantitative estimate of drug-likeness (QED) is 0.477. The fourth-order valence-corrected chi connectivity index (χ4v) is 5.60. The van der Waals surface area contributed by atoms with Gasteiger partial charge in [-0.25, -0.2) is 0 Å².